The number of thiazole rings is 1. The van der Waals surface area contributed by atoms with Crippen LogP contribution in [0.25, 0.3) is 10.2 Å². The van der Waals surface area contributed by atoms with Gasteiger partial charge in [0.25, 0.3) is 0 Å². The van der Waals surface area contributed by atoms with Gasteiger partial charge in [-0.25, -0.2) is 14.6 Å². The number of hydrogen-bond acceptors (Lipinski definition) is 6. The van der Waals surface area contributed by atoms with E-state index >= 15 is 0 Å². The first-order valence-corrected chi connectivity index (χ1v) is 9.94. The van der Waals surface area contributed by atoms with Crippen LogP contribution in [0.2, 0.25) is 5.02 Å². The molecule has 158 valence electrons. The second-order valence-corrected chi connectivity index (χ2v) is 7.72. The van der Waals surface area contributed by atoms with Crippen molar-refractivity contribution in [2.75, 3.05) is 18.9 Å². The van der Waals surface area contributed by atoms with Gasteiger partial charge in [0, 0.05) is 0 Å². The fraction of sp³-hybridized carbons (Fsp3) is 0.200. The summed E-state index contributed by atoms with van der Waals surface area (Å²) in [7, 11) is 1.92. The number of para-hydroxylation sites is 2. The van der Waals surface area contributed by atoms with Gasteiger partial charge in [-0.15, -0.1) is 11.3 Å². The molecule has 2 aromatic carbocycles. The summed E-state index contributed by atoms with van der Waals surface area (Å²) in [6.45, 7) is 2.32. The first-order chi connectivity index (χ1) is 14.2. The Hall–Kier alpha value is -3.01. The lowest BCUT2D eigenvalue weighted by molar-refractivity contribution is -0.159. The number of halogens is 1. The number of fused-ring (bicyclic) bond motifs is 1. The summed E-state index contributed by atoms with van der Waals surface area (Å²) in [6.07, 6.45) is 0. The molecule has 0 aliphatic heterocycles. The molecule has 0 radical (unpaired) electrons. The highest BCUT2D eigenvalue weighted by molar-refractivity contribution is 7.18. The van der Waals surface area contributed by atoms with Crippen LogP contribution in [0.15, 0.2) is 48.5 Å². The van der Waals surface area contributed by atoms with Crippen molar-refractivity contribution in [1.82, 2.24) is 9.88 Å². The van der Waals surface area contributed by atoms with E-state index in [-0.39, 0.29) is 18.5 Å². The van der Waals surface area contributed by atoms with E-state index in [0.717, 1.165) is 15.2 Å². The van der Waals surface area contributed by atoms with Crippen LogP contribution in [0.1, 0.15) is 18.0 Å². The largest absolute Gasteiger partial charge is 0.473 e. The molecule has 0 fully saturated rings. The average molecular weight is 450 g/mol. The van der Waals surface area contributed by atoms with Gasteiger partial charge in [-0.05, 0) is 38.2 Å². The number of carboxylic acids is 2. The first kappa shape index (κ1) is 23.3. The highest BCUT2D eigenvalue weighted by Crippen LogP contribution is 2.28. The van der Waals surface area contributed by atoms with Gasteiger partial charge in [-0.2, -0.15) is 0 Å². The van der Waals surface area contributed by atoms with Crippen molar-refractivity contribution in [1.29, 1.82) is 0 Å². The molecule has 0 saturated carbocycles. The third-order valence-corrected chi connectivity index (χ3v) is 5.59. The van der Waals surface area contributed by atoms with Crippen LogP contribution in [0.5, 0.6) is 0 Å². The van der Waals surface area contributed by atoms with E-state index < -0.39 is 11.9 Å². The van der Waals surface area contributed by atoms with Gasteiger partial charge >= 0.3 is 11.9 Å². The minimum absolute atomic E-state index is 0.0550. The monoisotopic (exact) mass is 449 g/mol. The maximum absolute atomic E-state index is 12.3. The highest BCUT2D eigenvalue weighted by Gasteiger charge is 2.18. The summed E-state index contributed by atoms with van der Waals surface area (Å²) in [5.41, 5.74) is 1.63. The summed E-state index contributed by atoms with van der Waals surface area (Å²) in [5, 5.41) is 19.2. The SMILES string of the molecule is CC(c1nc2ccccc2s1)N(C)CC(=O)Nc1ccccc1Cl.O=C(O)C(=O)O. The van der Waals surface area contributed by atoms with E-state index in [2.05, 4.69) is 23.3 Å². The molecule has 1 unspecified atom stereocenters. The number of carboxylic acid groups (broad SMARTS) is 2. The number of hydrogen-bond donors (Lipinski definition) is 3. The molecule has 30 heavy (non-hydrogen) atoms. The van der Waals surface area contributed by atoms with Crippen LogP contribution < -0.4 is 5.32 Å². The molecule has 3 N–H and O–H groups in total. The maximum atomic E-state index is 12.3. The van der Waals surface area contributed by atoms with Gasteiger partial charge < -0.3 is 15.5 Å². The topological polar surface area (TPSA) is 120 Å². The Morgan fingerprint density at radius 2 is 1.70 bits per heavy atom. The van der Waals surface area contributed by atoms with Gasteiger partial charge in [-0.3, -0.25) is 9.69 Å². The minimum atomic E-state index is -1.82. The molecule has 0 aliphatic carbocycles. The Bertz CT molecular complexity index is 1010. The zero-order chi connectivity index (χ0) is 22.3. The number of rotatable bonds is 5. The summed E-state index contributed by atoms with van der Waals surface area (Å²) in [6, 6.07) is 15.3. The van der Waals surface area contributed by atoms with Crippen molar-refractivity contribution in [3.8, 4) is 0 Å². The van der Waals surface area contributed by atoms with Crippen molar-refractivity contribution in [3.05, 3.63) is 58.6 Å². The lowest BCUT2D eigenvalue weighted by Gasteiger charge is -2.22. The second kappa shape index (κ2) is 10.7. The van der Waals surface area contributed by atoms with Crippen molar-refractivity contribution >= 4 is 56.7 Å². The fourth-order valence-corrected chi connectivity index (χ4v) is 3.64. The number of anilines is 1. The van der Waals surface area contributed by atoms with Gasteiger partial charge in [0.2, 0.25) is 5.91 Å². The summed E-state index contributed by atoms with van der Waals surface area (Å²) in [5.74, 6) is -3.75. The molecule has 0 saturated heterocycles. The molecule has 0 spiro atoms. The Morgan fingerprint density at radius 3 is 2.30 bits per heavy atom. The smallest absolute Gasteiger partial charge is 0.414 e. The second-order valence-electron chi connectivity index (χ2n) is 6.25. The molecule has 3 rings (SSSR count). The molecular weight excluding hydrogens is 430 g/mol. The third-order valence-electron chi connectivity index (χ3n) is 4.05. The number of amides is 1. The number of benzene rings is 2. The van der Waals surface area contributed by atoms with Crippen molar-refractivity contribution < 1.29 is 24.6 Å². The molecule has 1 aromatic heterocycles. The Labute approximate surface area is 181 Å². The fourth-order valence-electron chi connectivity index (χ4n) is 2.37. The molecule has 1 amide bonds. The summed E-state index contributed by atoms with van der Waals surface area (Å²) in [4.78, 5) is 37.1. The number of nitrogens with one attached hydrogen (secondary N) is 1. The Balaban J connectivity index is 0.000000469. The normalized spacial score (nSPS) is 11.5. The molecule has 1 atom stereocenters. The number of carbonyl (C=O) groups excluding carboxylic acids is 1. The van der Waals surface area contributed by atoms with E-state index in [1.165, 1.54) is 0 Å². The van der Waals surface area contributed by atoms with E-state index in [1.807, 2.05) is 42.3 Å². The predicted octanol–water partition coefficient (Wildman–Crippen LogP) is 3.74. The van der Waals surface area contributed by atoms with E-state index in [4.69, 9.17) is 31.4 Å². The number of carbonyl (C=O) groups is 3. The number of likely N-dealkylation sites (N-methyl/N-ethyl adjacent to an activating group) is 1. The summed E-state index contributed by atoms with van der Waals surface area (Å²) < 4.78 is 1.16. The predicted molar refractivity (Wildman–Crippen MR) is 116 cm³/mol. The van der Waals surface area contributed by atoms with Crippen molar-refractivity contribution in [2.45, 2.75) is 13.0 Å². The van der Waals surface area contributed by atoms with Crippen molar-refractivity contribution in [2.24, 2.45) is 0 Å². The Kier molecular flexibility index (Phi) is 8.28. The van der Waals surface area contributed by atoms with E-state index in [0.29, 0.717) is 10.7 Å². The van der Waals surface area contributed by atoms with Crippen LogP contribution in [0.4, 0.5) is 5.69 Å². The molecule has 0 aliphatic rings. The molecule has 1 heterocycles. The molecular formula is C20H20ClN3O5S. The molecule has 0 bridgehead atoms. The maximum Gasteiger partial charge on any atom is 0.414 e. The highest BCUT2D eigenvalue weighted by atomic mass is 35.5. The van der Waals surface area contributed by atoms with Crippen molar-refractivity contribution in [3.63, 3.8) is 0 Å². The van der Waals surface area contributed by atoms with Gasteiger partial charge in [0.15, 0.2) is 0 Å². The van der Waals surface area contributed by atoms with Crippen LogP contribution in [0.3, 0.4) is 0 Å². The summed E-state index contributed by atoms with van der Waals surface area (Å²) >= 11 is 7.73. The lowest BCUT2D eigenvalue weighted by Crippen LogP contribution is -2.32. The van der Waals surface area contributed by atoms with Gasteiger partial charge in [0.1, 0.15) is 5.01 Å². The number of aliphatic carboxylic acids is 2. The third kappa shape index (κ3) is 6.51. The molecule has 8 nitrogen and oxygen atoms in total. The zero-order valence-corrected chi connectivity index (χ0v) is 17.8. The van der Waals surface area contributed by atoms with Gasteiger partial charge in [0.05, 0.1) is 33.5 Å². The molecule has 3 aromatic rings. The molecule has 10 heteroatoms. The van der Waals surface area contributed by atoms with Crippen LogP contribution >= 0.6 is 22.9 Å². The average Bonchev–Trinajstić information content (AvgIpc) is 3.13. The lowest BCUT2D eigenvalue weighted by atomic mass is 10.3. The minimum Gasteiger partial charge on any atom is -0.473 e. The zero-order valence-electron chi connectivity index (χ0n) is 16.2. The Morgan fingerprint density at radius 1 is 1.10 bits per heavy atom. The van der Waals surface area contributed by atoms with Gasteiger partial charge in [-0.1, -0.05) is 35.9 Å². The van der Waals surface area contributed by atoms with E-state index in [1.54, 1.807) is 23.5 Å². The number of nitrogens with zero attached hydrogens (tertiary/aromatic N) is 2. The van der Waals surface area contributed by atoms with Crippen LogP contribution in [-0.4, -0.2) is 51.5 Å². The quantitative estimate of drug-likeness (QED) is 0.507. The van der Waals surface area contributed by atoms with Crippen LogP contribution in [-0.2, 0) is 14.4 Å². The standard InChI is InChI=1S/C18H18ClN3OS.C2H2O4/c1-12(18-21-15-9-5-6-10-16(15)24-18)22(2)11-17(23)20-14-8-4-3-7-13(14)19;3-1(4)2(5)6/h3-10,12H,11H2,1-2H3,(H,20,23);(H,3,4)(H,5,6). The van der Waals surface area contributed by atoms with E-state index in [9.17, 15) is 4.79 Å². The number of aromatic nitrogens is 1. The first-order valence-electron chi connectivity index (χ1n) is 8.75. The van der Waals surface area contributed by atoms with Crippen LogP contribution in [0, 0.1) is 0 Å².